The summed E-state index contributed by atoms with van der Waals surface area (Å²) in [6, 6.07) is 12.7. The molecule has 28 heavy (non-hydrogen) atoms. The number of rotatable bonds is 4. The van der Waals surface area contributed by atoms with Gasteiger partial charge in [0.1, 0.15) is 16.9 Å². The van der Waals surface area contributed by atoms with Crippen LogP contribution in [0.1, 0.15) is 30.0 Å². The van der Waals surface area contributed by atoms with E-state index >= 15 is 0 Å². The molecule has 4 aromatic rings. The predicted octanol–water partition coefficient (Wildman–Crippen LogP) is 4.13. The number of hydrogen-bond donors (Lipinski definition) is 1. The minimum Gasteiger partial charge on any atom is -0.299 e. The monoisotopic (exact) mass is 377 g/mol. The van der Waals surface area contributed by atoms with Gasteiger partial charge in [-0.3, -0.25) is 10.00 Å². The van der Waals surface area contributed by atoms with Gasteiger partial charge in [-0.2, -0.15) is 5.10 Å². The van der Waals surface area contributed by atoms with Gasteiger partial charge >= 0.3 is 0 Å². The highest BCUT2D eigenvalue weighted by atomic mass is 19.1. The summed E-state index contributed by atoms with van der Waals surface area (Å²) in [5.41, 5.74) is 5.75. The lowest BCUT2D eigenvalue weighted by Gasteiger charge is -2.32. The second-order valence-electron chi connectivity index (χ2n) is 7.31. The lowest BCUT2D eigenvalue weighted by atomic mass is 9.89. The van der Waals surface area contributed by atoms with Crippen molar-refractivity contribution in [2.24, 2.45) is 0 Å². The summed E-state index contributed by atoms with van der Waals surface area (Å²) in [6.45, 7) is 2.79. The molecule has 1 aliphatic heterocycles. The maximum absolute atomic E-state index is 13.6. The third kappa shape index (κ3) is 3.18. The highest BCUT2D eigenvalue weighted by Crippen LogP contribution is 2.34. The smallest absolute Gasteiger partial charge is 0.139 e. The first-order valence-corrected chi connectivity index (χ1v) is 9.49. The van der Waals surface area contributed by atoms with Crippen molar-refractivity contribution < 1.29 is 9.02 Å². The van der Waals surface area contributed by atoms with E-state index in [0.717, 1.165) is 65.9 Å². The molecule has 0 bridgehead atoms. The van der Waals surface area contributed by atoms with Crippen LogP contribution in [0.3, 0.4) is 0 Å². The first-order valence-electron chi connectivity index (χ1n) is 9.49. The SMILES string of the molecule is Fc1cccc(-c2cn[nH]c2C2CCN(Cc3cccc4nonc34)CC2)c1. The fourth-order valence-electron chi connectivity index (χ4n) is 4.10. The average molecular weight is 377 g/mol. The zero-order chi connectivity index (χ0) is 18.9. The zero-order valence-electron chi connectivity index (χ0n) is 15.3. The Hall–Kier alpha value is -3.06. The Bertz CT molecular complexity index is 1100. The summed E-state index contributed by atoms with van der Waals surface area (Å²) < 4.78 is 18.5. The van der Waals surface area contributed by atoms with E-state index < -0.39 is 0 Å². The number of likely N-dealkylation sites (tertiary alicyclic amines) is 1. The summed E-state index contributed by atoms with van der Waals surface area (Å²) in [6.07, 6.45) is 3.85. The topological polar surface area (TPSA) is 70.8 Å². The molecule has 0 aliphatic carbocycles. The van der Waals surface area contributed by atoms with Crippen LogP contribution in [0.4, 0.5) is 4.39 Å². The van der Waals surface area contributed by atoms with Crippen LogP contribution >= 0.6 is 0 Å². The second-order valence-corrected chi connectivity index (χ2v) is 7.31. The minimum absolute atomic E-state index is 0.226. The number of aromatic nitrogens is 4. The van der Waals surface area contributed by atoms with Gasteiger partial charge in [0.15, 0.2) is 0 Å². The summed E-state index contributed by atoms with van der Waals surface area (Å²) in [7, 11) is 0. The van der Waals surface area contributed by atoms with E-state index in [0.29, 0.717) is 5.92 Å². The van der Waals surface area contributed by atoms with Gasteiger partial charge in [0.2, 0.25) is 0 Å². The second kappa shape index (κ2) is 7.16. The lowest BCUT2D eigenvalue weighted by Crippen LogP contribution is -2.32. The molecule has 5 rings (SSSR count). The van der Waals surface area contributed by atoms with Crippen molar-refractivity contribution in [1.29, 1.82) is 0 Å². The molecule has 6 nitrogen and oxygen atoms in total. The third-order valence-electron chi connectivity index (χ3n) is 5.56. The van der Waals surface area contributed by atoms with Crippen molar-refractivity contribution in [2.75, 3.05) is 13.1 Å². The summed E-state index contributed by atoms with van der Waals surface area (Å²) in [5.74, 6) is 0.164. The van der Waals surface area contributed by atoms with Crippen molar-refractivity contribution in [2.45, 2.75) is 25.3 Å². The third-order valence-corrected chi connectivity index (χ3v) is 5.56. The Morgan fingerprint density at radius 1 is 1.11 bits per heavy atom. The standard InChI is InChI=1S/C21H20FN5O/c22-17-5-1-3-15(11-17)18-12-23-24-20(18)14-7-9-27(10-8-14)13-16-4-2-6-19-21(16)26-28-25-19/h1-6,11-12,14H,7-10,13H2,(H,23,24). The maximum Gasteiger partial charge on any atom is 0.139 e. The average Bonchev–Trinajstić information content (AvgIpc) is 3.39. The lowest BCUT2D eigenvalue weighted by molar-refractivity contribution is 0.203. The van der Waals surface area contributed by atoms with Gasteiger partial charge in [0, 0.05) is 23.7 Å². The van der Waals surface area contributed by atoms with Gasteiger partial charge in [-0.05, 0) is 65.6 Å². The first kappa shape index (κ1) is 17.1. The highest BCUT2D eigenvalue weighted by Gasteiger charge is 2.25. The van der Waals surface area contributed by atoms with Crippen LogP contribution in [0.25, 0.3) is 22.2 Å². The van der Waals surface area contributed by atoms with Gasteiger partial charge < -0.3 is 0 Å². The molecule has 0 radical (unpaired) electrons. The van der Waals surface area contributed by atoms with Crippen molar-refractivity contribution in [3.8, 4) is 11.1 Å². The minimum atomic E-state index is -0.226. The van der Waals surface area contributed by atoms with Crippen LogP contribution in [-0.4, -0.2) is 38.5 Å². The van der Waals surface area contributed by atoms with Gasteiger partial charge in [-0.25, -0.2) is 9.02 Å². The molecule has 2 aromatic heterocycles. The van der Waals surface area contributed by atoms with E-state index in [2.05, 4.69) is 31.5 Å². The van der Waals surface area contributed by atoms with Crippen LogP contribution in [-0.2, 0) is 6.54 Å². The number of nitrogens with one attached hydrogen (secondary N) is 1. The van der Waals surface area contributed by atoms with Gasteiger partial charge in [-0.15, -0.1) is 0 Å². The fourth-order valence-corrected chi connectivity index (χ4v) is 4.10. The van der Waals surface area contributed by atoms with Crippen LogP contribution in [0.5, 0.6) is 0 Å². The molecule has 0 saturated carbocycles. The Kier molecular flexibility index (Phi) is 4.37. The van der Waals surface area contributed by atoms with Crippen molar-refractivity contribution in [1.82, 2.24) is 25.4 Å². The zero-order valence-corrected chi connectivity index (χ0v) is 15.3. The Labute approximate surface area is 161 Å². The van der Waals surface area contributed by atoms with Gasteiger partial charge in [0.05, 0.1) is 6.20 Å². The molecule has 3 heterocycles. The number of H-pyrrole nitrogens is 1. The number of fused-ring (bicyclic) bond motifs is 1. The Morgan fingerprint density at radius 3 is 2.82 bits per heavy atom. The molecule has 0 amide bonds. The molecular weight excluding hydrogens is 357 g/mol. The number of piperidine rings is 1. The largest absolute Gasteiger partial charge is 0.299 e. The van der Waals surface area contributed by atoms with Crippen LogP contribution in [0, 0.1) is 5.82 Å². The summed E-state index contributed by atoms with van der Waals surface area (Å²) >= 11 is 0. The van der Waals surface area contributed by atoms with E-state index in [1.807, 2.05) is 18.2 Å². The molecule has 0 atom stereocenters. The molecular formula is C21H20FN5O. The number of nitrogens with zero attached hydrogens (tertiary/aromatic N) is 4. The number of benzene rings is 2. The van der Waals surface area contributed by atoms with E-state index in [1.54, 1.807) is 18.3 Å². The van der Waals surface area contributed by atoms with Crippen LogP contribution in [0.15, 0.2) is 53.3 Å². The summed E-state index contributed by atoms with van der Waals surface area (Å²) in [5, 5.41) is 15.3. The number of halogens is 1. The molecule has 7 heteroatoms. The van der Waals surface area contributed by atoms with E-state index in [-0.39, 0.29) is 5.82 Å². The highest BCUT2D eigenvalue weighted by molar-refractivity contribution is 5.76. The molecule has 1 saturated heterocycles. The van der Waals surface area contributed by atoms with E-state index in [4.69, 9.17) is 4.63 Å². The quantitative estimate of drug-likeness (QED) is 0.579. The fraction of sp³-hybridized carbons (Fsp3) is 0.286. The molecule has 0 unspecified atom stereocenters. The van der Waals surface area contributed by atoms with E-state index in [1.165, 1.54) is 6.07 Å². The molecule has 2 aromatic carbocycles. The molecule has 0 spiro atoms. The molecule has 142 valence electrons. The first-order chi connectivity index (χ1) is 13.8. The summed E-state index contributed by atoms with van der Waals surface area (Å²) in [4.78, 5) is 2.43. The van der Waals surface area contributed by atoms with Crippen molar-refractivity contribution in [3.05, 3.63) is 65.7 Å². The predicted molar refractivity (Wildman–Crippen MR) is 103 cm³/mol. The normalized spacial score (nSPS) is 16.0. The Morgan fingerprint density at radius 2 is 1.96 bits per heavy atom. The number of hydrogen-bond acceptors (Lipinski definition) is 5. The molecule has 1 N–H and O–H groups in total. The van der Waals surface area contributed by atoms with Gasteiger partial charge in [0.25, 0.3) is 0 Å². The van der Waals surface area contributed by atoms with Gasteiger partial charge in [-0.1, -0.05) is 24.3 Å². The van der Waals surface area contributed by atoms with Crippen LogP contribution in [0.2, 0.25) is 0 Å². The van der Waals surface area contributed by atoms with Crippen LogP contribution < -0.4 is 0 Å². The molecule has 1 fully saturated rings. The van der Waals surface area contributed by atoms with Crippen molar-refractivity contribution >= 4 is 11.0 Å². The van der Waals surface area contributed by atoms with E-state index in [9.17, 15) is 4.39 Å². The van der Waals surface area contributed by atoms with Crippen molar-refractivity contribution in [3.63, 3.8) is 0 Å². The maximum atomic E-state index is 13.6. The number of aromatic amines is 1. The molecule has 1 aliphatic rings. The Balaban J connectivity index is 1.29.